The number of aromatic amines is 1. The fourth-order valence-corrected chi connectivity index (χ4v) is 1.71. The number of rotatable bonds is 6. The quantitative estimate of drug-likeness (QED) is 0.282. The molecule has 0 bridgehead atoms. The maximum absolute atomic E-state index is 11.3. The minimum Gasteiger partial charge on any atom is -0.360 e. The molecule has 108 valence electrons. The number of anilines is 1. The number of carbonyl (C=O) groups is 1. The van der Waals surface area contributed by atoms with Crippen molar-refractivity contribution in [2.24, 2.45) is 5.10 Å². The fraction of sp³-hybridized carbons (Fsp3) is 0.0769. The number of hydrazone groups is 1. The van der Waals surface area contributed by atoms with E-state index in [2.05, 4.69) is 15.5 Å². The molecule has 0 atom stereocenters. The molecule has 0 radical (unpaired) electrons. The van der Waals surface area contributed by atoms with Crippen LogP contribution in [0.25, 0.3) is 0 Å². The molecule has 0 saturated carbocycles. The van der Waals surface area contributed by atoms with Gasteiger partial charge in [0.15, 0.2) is 5.78 Å². The second kappa shape index (κ2) is 6.67. The lowest BCUT2D eigenvalue weighted by Gasteiger charge is -1.98. The van der Waals surface area contributed by atoms with Crippen molar-refractivity contribution >= 4 is 35.0 Å². The molecule has 0 saturated heterocycles. The zero-order valence-corrected chi connectivity index (χ0v) is 11.5. The summed E-state index contributed by atoms with van der Waals surface area (Å²) in [6.45, 7) is 0. The molecule has 1 aromatic carbocycles. The minimum atomic E-state index is -0.471. The summed E-state index contributed by atoms with van der Waals surface area (Å²) in [7, 11) is 0. The molecule has 0 aliphatic heterocycles. The van der Waals surface area contributed by atoms with Crippen molar-refractivity contribution in [1.29, 1.82) is 0 Å². The van der Waals surface area contributed by atoms with Gasteiger partial charge in [0.25, 0.3) is 5.69 Å². The van der Waals surface area contributed by atoms with Crippen molar-refractivity contribution in [2.45, 2.75) is 0 Å². The number of ketones is 1. The number of alkyl halides is 1. The lowest BCUT2D eigenvalue weighted by molar-refractivity contribution is -0.384. The van der Waals surface area contributed by atoms with Gasteiger partial charge in [-0.15, -0.1) is 11.6 Å². The summed E-state index contributed by atoms with van der Waals surface area (Å²) >= 11 is 5.46. The standard InChI is InChI=1S/C13H11ClN4O3/c14-6-13(19)9-5-11(15-7-9)8-16-17-10-1-3-12(4-2-10)18(20)21/h1-5,7-8,15,17H,6H2/b16-8+. The molecule has 2 rings (SSSR count). The van der Waals surface area contributed by atoms with Gasteiger partial charge in [0.05, 0.1) is 28.4 Å². The molecular weight excluding hydrogens is 296 g/mol. The number of aromatic nitrogens is 1. The Balaban J connectivity index is 1.97. The molecular formula is C13H11ClN4O3. The summed E-state index contributed by atoms with van der Waals surface area (Å²) in [6, 6.07) is 7.48. The number of halogens is 1. The fourth-order valence-electron chi connectivity index (χ4n) is 1.56. The Labute approximate surface area is 124 Å². The third-order valence-corrected chi connectivity index (χ3v) is 2.87. The first kappa shape index (κ1) is 14.7. The number of nitro benzene ring substituents is 1. The highest BCUT2D eigenvalue weighted by atomic mass is 35.5. The van der Waals surface area contributed by atoms with Gasteiger partial charge in [-0.25, -0.2) is 0 Å². The third-order valence-electron chi connectivity index (χ3n) is 2.62. The van der Waals surface area contributed by atoms with Crippen molar-refractivity contribution in [1.82, 2.24) is 4.98 Å². The van der Waals surface area contributed by atoms with Crippen LogP contribution in [0.15, 0.2) is 41.6 Å². The van der Waals surface area contributed by atoms with E-state index in [0.717, 1.165) is 0 Å². The second-order valence-electron chi connectivity index (χ2n) is 4.07. The molecule has 1 heterocycles. The molecule has 0 amide bonds. The van der Waals surface area contributed by atoms with Gasteiger partial charge >= 0.3 is 0 Å². The number of nitro groups is 1. The van der Waals surface area contributed by atoms with Crippen LogP contribution in [0, 0.1) is 10.1 Å². The van der Waals surface area contributed by atoms with Gasteiger partial charge in [-0.05, 0) is 18.2 Å². The molecule has 7 nitrogen and oxygen atoms in total. The van der Waals surface area contributed by atoms with Gasteiger partial charge in [0, 0.05) is 23.9 Å². The van der Waals surface area contributed by atoms with Crippen LogP contribution in [0.5, 0.6) is 0 Å². The SMILES string of the molecule is O=C(CCl)c1c[nH]c(/C=N/Nc2ccc([N+](=O)[O-])cc2)c1. The largest absolute Gasteiger partial charge is 0.360 e. The highest BCUT2D eigenvalue weighted by Gasteiger charge is 2.06. The predicted molar refractivity (Wildman–Crippen MR) is 80.2 cm³/mol. The van der Waals surface area contributed by atoms with Gasteiger partial charge in [-0.2, -0.15) is 5.10 Å². The van der Waals surface area contributed by atoms with E-state index in [1.165, 1.54) is 18.3 Å². The van der Waals surface area contributed by atoms with Crippen LogP contribution in [0.1, 0.15) is 16.1 Å². The molecule has 0 aliphatic rings. The van der Waals surface area contributed by atoms with E-state index in [0.29, 0.717) is 16.9 Å². The molecule has 1 aromatic heterocycles. The van der Waals surface area contributed by atoms with Crippen LogP contribution in [-0.4, -0.2) is 27.8 Å². The molecule has 2 aromatic rings. The van der Waals surface area contributed by atoms with E-state index in [-0.39, 0.29) is 17.4 Å². The van der Waals surface area contributed by atoms with Crippen LogP contribution in [0.4, 0.5) is 11.4 Å². The summed E-state index contributed by atoms with van der Waals surface area (Å²) in [4.78, 5) is 24.3. The zero-order valence-electron chi connectivity index (χ0n) is 10.7. The Morgan fingerprint density at radius 3 is 2.76 bits per heavy atom. The average Bonchev–Trinajstić information content (AvgIpc) is 2.96. The number of carbonyl (C=O) groups excluding carboxylic acids is 1. The molecule has 0 spiro atoms. The van der Waals surface area contributed by atoms with Gasteiger partial charge < -0.3 is 4.98 Å². The number of benzene rings is 1. The van der Waals surface area contributed by atoms with Crippen LogP contribution >= 0.6 is 11.6 Å². The number of H-pyrrole nitrogens is 1. The van der Waals surface area contributed by atoms with Gasteiger partial charge in [0.2, 0.25) is 0 Å². The lowest BCUT2D eigenvalue weighted by atomic mass is 10.2. The Hall–Kier alpha value is -2.67. The third kappa shape index (κ3) is 3.90. The van der Waals surface area contributed by atoms with E-state index in [4.69, 9.17) is 11.6 Å². The maximum Gasteiger partial charge on any atom is 0.269 e. The van der Waals surface area contributed by atoms with Gasteiger partial charge in [0.1, 0.15) is 0 Å². The van der Waals surface area contributed by atoms with Crippen LogP contribution in [0.3, 0.4) is 0 Å². The summed E-state index contributed by atoms with van der Waals surface area (Å²) in [5.41, 5.74) is 4.48. The Morgan fingerprint density at radius 2 is 2.14 bits per heavy atom. The first-order chi connectivity index (χ1) is 10.1. The lowest BCUT2D eigenvalue weighted by Crippen LogP contribution is -1.97. The van der Waals surface area contributed by atoms with Crippen molar-refractivity contribution in [3.05, 3.63) is 57.9 Å². The topological polar surface area (TPSA) is 100 Å². The summed E-state index contributed by atoms with van der Waals surface area (Å²) in [5, 5.41) is 14.5. The molecule has 2 N–H and O–H groups in total. The first-order valence-corrected chi connectivity index (χ1v) is 6.44. The molecule has 0 fully saturated rings. The van der Waals surface area contributed by atoms with E-state index in [9.17, 15) is 14.9 Å². The normalized spacial score (nSPS) is 10.7. The van der Waals surface area contributed by atoms with E-state index in [1.54, 1.807) is 24.4 Å². The second-order valence-corrected chi connectivity index (χ2v) is 4.34. The number of hydrogen-bond donors (Lipinski definition) is 2. The monoisotopic (exact) mass is 306 g/mol. The number of hydrogen-bond acceptors (Lipinski definition) is 5. The number of nitrogens with zero attached hydrogens (tertiary/aromatic N) is 2. The average molecular weight is 307 g/mol. The van der Waals surface area contributed by atoms with Gasteiger partial charge in [-0.1, -0.05) is 0 Å². The Bertz CT molecular complexity index is 679. The van der Waals surface area contributed by atoms with E-state index in [1.807, 2.05) is 0 Å². The molecule has 0 unspecified atom stereocenters. The van der Waals surface area contributed by atoms with E-state index >= 15 is 0 Å². The molecule has 8 heteroatoms. The summed E-state index contributed by atoms with van der Waals surface area (Å²) < 4.78 is 0. The smallest absolute Gasteiger partial charge is 0.269 e. The number of non-ortho nitro benzene ring substituents is 1. The van der Waals surface area contributed by atoms with Crippen molar-refractivity contribution in [3.8, 4) is 0 Å². The highest BCUT2D eigenvalue weighted by molar-refractivity contribution is 6.30. The van der Waals surface area contributed by atoms with Crippen LogP contribution in [0.2, 0.25) is 0 Å². The Morgan fingerprint density at radius 1 is 1.43 bits per heavy atom. The van der Waals surface area contributed by atoms with Crippen molar-refractivity contribution in [2.75, 3.05) is 11.3 Å². The summed E-state index contributed by atoms with van der Waals surface area (Å²) in [5.74, 6) is -0.244. The van der Waals surface area contributed by atoms with Crippen molar-refractivity contribution < 1.29 is 9.72 Å². The highest BCUT2D eigenvalue weighted by Crippen LogP contribution is 2.15. The molecule has 0 aliphatic carbocycles. The first-order valence-electron chi connectivity index (χ1n) is 5.91. The summed E-state index contributed by atoms with van der Waals surface area (Å²) in [6.07, 6.45) is 3.05. The van der Waals surface area contributed by atoms with Gasteiger partial charge in [-0.3, -0.25) is 20.3 Å². The maximum atomic E-state index is 11.3. The number of Topliss-reactive ketones (excluding diaryl/α,β-unsaturated/α-hetero) is 1. The Kier molecular flexibility index (Phi) is 4.68. The number of nitrogens with one attached hydrogen (secondary N) is 2. The minimum absolute atomic E-state index is 0.0122. The van der Waals surface area contributed by atoms with E-state index < -0.39 is 4.92 Å². The molecule has 21 heavy (non-hydrogen) atoms. The predicted octanol–water partition coefficient (Wildman–Crippen LogP) is 2.79. The van der Waals surface area contributed by atoms with Crippen LogP contribution in [-0.2, 0) is 0 Å². The van der Waals surface area contributed by atoms with Crippen molar-refractivity contribution in [3.63, 3.8) is 0 Å². The van der Waals surface area contributed by atoms with Crippen LogP contribution < -0.4 is 5.43 Å². The zero-order chi connectivity index (χ0) is 15.2.